The number of rotatable bonds is 4. The standard InChI is InChI=1S/C9H7N3O4S2/c13-6-7(11-12-9(16)10-6)17-3-4-1-2-5(18-4)8(14)15/h1-2H,3H2,(H,14,15)(H2,10,12,13,16). The molecule has 0 atom stereocenters. The Morgan fingerprint density at radius 3 is 2.83 bits per heavy atom. The summed E-state index contributed by atoms with van der Waals surface area (Å²) in [6, 6.07) is 3.19. The molecular weight excluding hydrogens is 278 g/mol. The van der Waals surface area contributed by atoms with Crippen LogP contribution in [0.3, 0.4) is 0 Å². The second kappa shape index (κ2) is 5.19. The Morgan fingerprint density at radius 1 is 1.44 bits per heavy atom. The number of carbonyl (C=O) groups is 1. The van der Waals surface area contributed by atoms with Gasteiger partial charge in [-0.2, -0.15) is 5.10 Å². The molecule has 0 aliphatic carbocycles. The lowest BCUT2D eigenvalue weighted by Gasteiger charge is -1.96. The zero-order chi connectivity index (χ0) is 13.1. The van der Waals surface area contributed by atoms with Crippen LogP contribution in [0.15, 0.2) is 26.7 Å². The first kappa shape index (κ1) is 12.6. The van der Waals surface area contributed by atoms with Crippen molar-refractivity contribution in [2.45, 2.75) is 10.8 Å². The topological polar surface area (TPSA) is 116 Å². The second-order valence-corrected chi connectivity index (χ2v) is 5.30. The van der Waals surface area contributed by atoms with Gasteiger partial charge >= 0.3 is 11.7 Å². The second-order valence-electron chi connectivity index (χ2n) is 3.17. The summed E-state index contributed by atoms with van der Waals surface area (Å²) in [6.45, 7) is 0. The van der Waals surface area contributed by atoms with Gasteiger partial charge in [-0.1, -0.05) is 11.8 Å². The Kier molecular flexibility index (Phi) is 3.63. The van der Waals surface area contributed by atoms with Crippen LogP contribution >= 0.6 is 23.1 Å². The highest BCUT2D eigenvalue weighted by Gasteiger charge is 2.09. The molecule has 2 aromatic rings. The summed E-state index contributed by atoms with van der Waals surface area (Å²) in [5.41, 5.74) is -1.22. The van der Waals surface area contributed by atoms with Crippen molar-refractivity contribution in [1.82, 2.24) is 15.2 Å². The van der Waals surface area contributed by atoms with Crippen molar-refractivity contribution in [3.63, 3.8) is 0 Å². The first-order valence-corrected chi connectivity index (χ1v) is 6.50. The molecule has 9 heteroatoms. The van der Waals surface area contributed by atoms with E-state index in [9.17, 15) is 14.4 Å². The fraction of sp³-hybridized carbons (Fsp3) is 0.111. The van der Waals surface area contributed by atoms with Gasteiger partial charge in [0.25, 0.3) is 5.56 Å². The fourth-order valence-electron chi connectivity index (χ4n) is 1.14. The summed E-state index contributed by atoms with van der Waals surface area (Å²) in [7, 11) is 0. The van der Waals surface area contributed by atoms with Gasteiger partial charge in [-0.15, -0.1) is 11.3 Å². The quantitative estimate of drug-likeness (QED) is 0.705. The highest BCUT2D eigenvalue weighted by Crippen LogP contribution is 2.23. The van der Waals surface area contributed by atoms with Gasteiger partial charge in [0, 0.05) is 10.6 Å². The van der Waals surface area contributed by atoms with Gasteiger partial charge in [0.05, 0.1) is 0 Å². The van der Waals surface area contributed by atoms with Crippen LogP contribution in [-0.4, -0.2) is 26.3 Å². The minimum Gasteiger partial charge on any atom is -0.477 e. The molecule has 7 nitrogen and oxygen atoms in total. The van der Waals surface area contributed by atoms with Crippen LogP contribution in [0.4, 0.5) is 0 Å². The number of nitrogens with one attached hydrogen (secondary N) is 2. The minimum absolute atomic E-state index is 0.139. The number of thiophene rings is 1. The van der Waals surface area contributed by atoms with Crippen molar-refractivity contribution >= 4 is 29.1 Å². The molecule has 94 valence electrons. The Balaban J connectivity index is 2.09. The largest absolute Gasteiger partial charge is 0.477 e. The average molecular weight is 285 g/mol. The van der Waals surface area contributed by atoms with Crippen LogP contribution in [0.25, 0.3) is 0 Å². The van der Waals surface area contributed by atoms with Crippen LogP contribution in [-0.2, 0) is 5.75 Å². The summed E-state index contributed by atoms with van der Waals surface area (Å²) < 4.78 is 0. The fourth-order valence-corrected chi connectivity index (χ4v) is 2.87. The van der Waals surface area contributed by atoms with Crippen LogP contribution in [0.5, 0.6) is 0 Å². The lowest BCUT2D eigenvalue weighted by Crippen LogP contribution is -2.24. The molecule has 0 spiro atoms. The third-order valence-corrected chi connectivity index (χ3v) is 4.17. The maximum absolute atomic E-state index is 11.3. The summed E-state index contributed by atoms with van der Waals surface area (Å²) in [4.78, 5) is 35.9. The summed E-state index contributed by atoms with van der Waals surface area (Å²) in [6.07, 6.45) is 0. The number of aromatic carboxylic acids is 1. The predicted octanol–water partition coefficient (Wildman–Crippen LogP) is 0.510. The Bertz CT molecular complexity index is 687. The molecule has 0 aliphatic heterocycles. The summed E-state index contributed by atoms with van der Waals surface area (Å²) in [5, 5.41) is 14.6. The predicted molar refractivity (Wildman–Crippen MR) is 66.3 cm³/mol. The highest BCUT2D eigenvalue weighted by atomic mass is 32.2. The van der Waals surface area contributed by atoms with Crippen LogP contribution in [0.1, 0.15) is 14.5 Å². The number of aromatic nitrogens is 3. The Morgan fingerprint density at radius 2 is 2.22 bits per heavy atom. The van der Waals surface area contributed by atoms with E-state index in [4.69, 9.17) is 5.11 Å². The molecule has 0 aliphatic rings. The van der Waals surface area contributed by atoms with Gasteiger partial charge in [-0.3, -0.25) is 9.78 Å². The van der Waals surface area contributed by atoms with E-state index in [0.717, 1.165) is 28.0 Å². The van der Waals surface area contributed by atoms with E-state index in [2.05, 4.69) is 15.2 Å². The lowest BCUT2D eigenvalue weighted by molar-refractivity contribution is 0.0702. The number of aromatic amines is 2. The monoisotopic (exact) mass is 285 g/mol. The smallest absolute Gasteiger partial charge is 0.345 e. The van der Waals surface area contributed by atoms with Crippen LogP contribution in [0.2, 0.25) is 0 Å². The molecule has 0 radical (unpaired) electrons. The normalized spacial score (nSPS) is 10.4. The van der Waals surface area contributed by atoms with Gasteiger partial charge in [0.1, 0.15) is 4.88 Å². The molecule has 2 heterocycles. The Hall–Kier alpha value is -1.87. The van der Waals surface area contributed by atoms with Crippen molar-refractivity contribution in [3.8, 4) is 0 Å². The van der Waals surface area contributed by atoms with E-state index in [0.29, 0.717) is 5.75 Å². The molecule has 2 aromatic heterocycles. The summed E-state index contributed by atoms with van der Waals surface area (Å²) in [5.74, 6) is -0.559. The molecule has 0 unspecified atom stereocenters. The van der Waals surface area contributed by atoms with Crippen LogP contribution in [0, 0.1) is 0 Å². The molecule has 0 bridgehead atoms. The van der Waals surface area contributed by atoms with Crippen LogP contribution < -0.4 is 11.2 Å². The number of thioether (sulfide) groups is 1. The van der Waals surface area contributed by atoms with Crippen molar-refractivity contribution in [3.05, 3.63) is 42.7 Å². The molecular formula is C9H7N3O4S2. The molecule has 0 saturated heterocycles. The third-order valence-electron chi connectivity index (χ3n) is 1.90. The average Bonchev–Trinajstić information content (AvgIpc) is 2.76. The maximum Gasteiger partial charge on any atom is 0.345 e. The number of carboxylic acids is 1. The van der Waals surface area contributed by atoms with Gasteiger partial charge < -0.3 is 5.11 Å². The molecule has 2 rings (SSSR count). The van der Waals surface area contributed by atoms with E-state index in [-0.39, 0.29) is 9.90 Å². The van der Waals surface area contributed by atoms with Gasteiger partial charge in [-0.05, 0) is 12.1 Å². The van der Waals surface area contributed by atoms with Gasteiger partial charge in [-0.25, -0.2) is 14.7 Å². The zero-order valence-corrected chi connectivity index (χ0v) is 10.4. The van der Waals surface area contributed by atoms with Crippen molar-refractivity contribution < 1.29 is 9.90 Å². The maximum atomic E-state index is 11.3. The first-order valence-electron chi connectivity index (χ1n) is 4.70. The van der Waals surface area contributed by atoms with E-state index < -0.39 is 17.2 Å². The van der Waals surface area contributed by atoms with E-state index in [1.165, 1.54) is 6.07 Å². The molecule has 0 amide bonds. The van der Waals surface area contributed by atoms with E-state index >= 15 is 0 Å². The SMILES string of the molecule is O=C(O)c1ccc(CSc2n[nH]c(=O)[nH]c2=O)s1. The lowest BCUT2D eigenvalue weighted by atomic mass is 10.4. The van der Waals surface area contributed by atoms with E-state index in [1.54, 1.807) is 6.07 Å². The van der Waals surface area contributed by atoms with E-state index in [1.807, 2.05) is 0 Å². The van der Waals surface area contributed by atoms with Crippen molar-refractivity contribution in [1.29, 1.82) is 0 Å². The molecule has 0 aromatic carbocycles. The number of carboxylic acid groups (broad SMARTS) is 1. The van der Waals surface area contributed by atoms with Crippen molar-refractivity contribution in [2.75, 3.05) is 0 Å². The number of hydrogen-bond acceptors (Lipinski definition) is 6. The highest BCUT2D eigenvalue weighted by molar-refractivity contribution is 7.98. The number of nitrogens with zero attached hydrogens (tertiary/aromatic N) is 1. The number of hydrogen-bond donors (Lipinski definition) is 3. The minimum atomic E-state index is -0.976. The van der Waals surface area contributed by atoms with Gasteiger partial charge in [0.15, 0.2) is 5.03 Å². The molecule has 18 heavy (non-hydrogen) atoms. The zero-order valence-electron chi connectivity index (χ0n) is 8.80. The number of H-pyrrole nitrogens is 2. The molecule has 0 fully saturated rings. The van der Waals surface area contributed by atoms with Gasteiger partial charge in [0.2, 0.25) is 0 Å². The first-order chi connectivity index (χ1) is 8.56. The molecule has 3 N–H and O–H groups in total. The summed E-state index contributed by atoms with van der Waals surface area (Å²) >= 11 is 2.26. The molecule has 0 saturated carbocycles. The third kappa shape index (κ3) is 2.87. The van der Waals surface area contributed by atoms with Crippen molar-refractivity contribution in [2.24, 2.45) is 0 Å². The Labute approximate surface area is 108 Å².